The van der Waals surface area contributed by atoms with Gasteiger partial charge < -0.3 is 4.74 Å². The normalized spacial score (nSPS) is 17.9. The molecule has 0 saturated carbocycles. The molecule has 3 rings (SSSR count). The summed E-state index contributed by atoms with van der Waals surface area (Å²) >= 11 is 0. The lowest BCUT2D eigenvalue weighted by Crippen LogP contribution is -2.26. The quantitative estimate of drug-likeness (QED) is 0.780. The zero-order valence-electron chi connectivity index (χ0n) is 11.7. The third-order valence-electron chi connectivity index (χ3n) is 3.42. The van der Waals surface area contributed by atoms with Crippen molar-refractivity contribution < 1.29 is 9.53 Å². The maximum Gasteiger partial charge on any atom is 0.337 e. The predicted octanol–water partition coefficient (Wildman–Crippen LogP) is 0.834. The number of esters is 1. The number of aromatic nitrogens is 3. The van der Waals surface area contributed by atoms with Gasteiger partial charge in [-0.2, -0.15) is 0 Å². The van der Waals surface area contributed by atoms with E-state index >= 15 is 0 Å². The first-order valence-corrected chi connectivity index (χ1v) is 6.69. The molecule has 0 N–H and O–H groups in total. The number of carbonyl (C=O) groups is 1. The minimum atomic E-state index is -0.465. The number of aryl methyl sites for hydroxylation is 1. The molecule has 0 aliphatic carbocycles. The molecule has 0 aromatic carbocycles. The number of fused-ring (bicyclic) bond motifs is 1. The molecule has 21 heavy (non-hydrogen) atoms. The number of cyclic esters (lactones) is 1. The molecule has 0 bridgehead atoms. The van der Waals surface area contributed by atoms with Gasteiger partial charge in [-0.25, -0.2) is 19.8 Å². The van der Waals surface area contributed by atoms with Crippen LogP contribution >= 0.6 is 0 Å². The predicted molar refractivity (Wildman–Crippen MR) is 76.1 cm³/mol. The molecule has 2 aromatic heterocycles. The van der Waals surface area contributed by atoms with E-state index in [9.17, 15) is 9.59 Å². The topological polar surface area (TPSA) is 86.4 Å². The summed E-state index contributed by atoms with van der Waals surface area (Å²) in [6.45, 7) is 3.78. The van der Waals surface area contributed by atoms with E-state index in [1.54, 1.807) is 12.3 Å². The van der Waals surface area contributed by atoms with Crippen molar-refractivity contribution in [2.45, 2.75) is 32.9 Å². The summed E-state index contributed by atoms with van der Waals surface area (Å²) in [5.74, 6) is -0.121. The van der Waals surface area contributed by atoms with Crippen molar-refractivity contribution in [2.24, 2.45) is 4.99 Å². The fourth-order valence-electron chi connectivity index (χ4n) is 2.25. The lowest BCUT2D eigenvalue weighted by atomic mass is 10.2. The summed E-state index contributed by atoms with van der Waals surface area (Å²) in [5.41, 5.74) is 1.00. The van der Waals surface area contributed by atoms with E-state index in [2.05, 4.69) is 15.0 Å². The molecule has 0 amide bonds. The summed E-state index contributed by atoms with van der Waals surface area (Å²) in [6.07, 6.45) is 3.59. The lowest BCUT2D eigenvalue weighted by Gasteiger charge is -2.06. The standard InChI is InChI=1S/C14H14N4O3/c1-3-9-14(20)21-10(17-9)6-18-7-16-12-11(13(18)19)8(2)4-5-15-12/h4-5,7,9H,3,6H2,1-2H3. The lowest BCUT2D eigenvalue weighted by molar-refractivity contribution is -0.135. The Morgan fingerprint density at radius 1 is 1.33 bits per heavy atom. The van der Waals surface area contributed by atoms with Crippen LogP contribution in [-0.2, 0) is 16.1 Å². The van der Waals surface area contributed by atoms with E-state index in [1.165, 1.54) is 10.9 Å². The Morgan fingerprint density at radius 3 is 2.86 bits per heavy atom. The zero-order chi connectivity index (χ0) is 15.0. The molecule has 1 unspecified atom stereocenters. The average molecular weight is 286 g/mol. The molecule has 0 radical (unpaired) electrons. The highest BCUT2D eigenvalue weighted by atomic mass is 16.6. The van der Waals surface area contributed by atoms with Crippen LogP contribution < -0.4 is 5.56 Å². The molecule has 0 saturated heterocycles. The number of hydrogen-bond acceptors (Lipinski definition) is 6. The number of nitrogens with zero attached hydrogens (tertiary/aromatic N) is 4. The molecule has 1 atom stereocenters. The second-order valence-electron chi connectivity index (χ2n) is 4.87. The Kier molecular flexibility index (Phi) is 3.25. The third-order valence-corrected chi connectivity index (χ3v) is 3.42. The van der Waals surface area contributed by atoms with Crippen molar-refractivity contribution in [1.29, 1.82) is 0 Å². The SMILES string of the molecule is CCC1N=C(Cn2cnc3nccc(C)c3c2=O)OC1=O. The zero-order valence-corrected chi connectivity index (χ0v) is 11.7. The highest BCUT2D eigenvalue weighted by Gasteiger charge is 2.27. The minimum absolute atomic E-state index is 0.0956. The first-order valence-electron chi connectivity index (χ1n) is 6.69. The molecule has 0 fully saturated rings. The molecule has 7 nitrogen and oxygen atoms in total. The van der Waals surface area contributed by atoms with Crippen LogP contribution in [0.1, 0.15) is 18.9 Å². The van der Waals surface area contributed by atoms with Crippen LogP contribution in [0.2, 0.25) is 0 Å². The number of pyridine rings is 1. The Labute approximate surface area is 120 Å². The molecule has 108 valence electrons. The molecular formula is C14H14N4O3. The van der Waals surface area contributed by atoms with Crippen LogP contribution in [0, 0.1) is 6.92 Å². The summed E-state index contributed by atoms with van der Waals surface area (Å²) in [5, 5.41) is 0.469. The second-order valence-corrected chi connectivity index (χ2v) is 4.87. The van der Waals surface area contributed by atoms with Crippen molar-refractivity contribution in [1.82, 2.24) is 14.5 Å². The molecular weight excluding hydrogens is 272 g/mol. The van der Waals surface area contributed by atoms with Crippen LogP contribution in [0.25, 0.3) is 11.0 Å². The summed E-state index contributed by atoms with van der Waals surface area (Å²) < 4.78 is 6.45. The first kappa shape index (κ1) is 13.4. The first-order chi connectivity index (χ1) is 10.1. The van der Waals surface area contributed by atoms with E-state index < -0.39 is 6.04 Å². The van der Waals surface area contributed by atoms with Crippen LogP contribution in [0.15, 0.2) is 28.4 Å². The molecule has 3 heterocycles. The highest BCUT2D eigenvalue weighted by Crippen LogP contribution is 2.12. The fraction of sp³-hybridized carbons (Fsp3) is 0.357. The molecule has 7 heteroatoms. The van der Waals surface area contributed by atoms with Crippen molar-refractivity contribution >= 4 is 22.9 Å². The highest BCUT2D eigenvalue weighted by molar-refractivity contribution is 5.97. The smallest absolute Gasteiger partial charge is 0.337 e. The van der Waals surface area contributed by atoms with Crippen LogP contribution in [0.5, 0.6) is 0 Å². The number of aliphatic imine (C=N–C) groups is 1. The van der Waals surface area contributed by atoms with Gasteiger partial charge in [0.25, 0.3) is 5.56 Å². The van der Waals surface area contributed by atoms with Crippen molar-refractivity contribution in [3.8, 4) is 0 Å². The second kappa shape index (κ2) is 5.08. The Balaban J connectivity index is 1.99. The van der Waals surface area contributed by atoms with Gasteiger partial charge in [-0.15, -0.1) is 0 Å². The minimum Gasteiger partial charge on any atom is -0.408 e. The van der Waals surface area contributed by atoms with E-state index in [-0.39, 0.29) is 24.0 Å². The fourth-order valence-corrected chi connectivity index (χ4v) is 2.25. The molecule has 2 aromatic rings. The number of ether oxygens (including phenoxy) is 1. The van der Waals surface area contributed by atoms with E-state index in [4.69, 9.17) is 4.74 Å². The number of hydrogen-bond donors (Lipinski definition) is 0. The van der Waals surface area contributed by atoms with Crippen molar-refractivity contribution in [3.63, 3.8) is 0 Å². The Hall–Kier alpha value is -2.57. The Morgan fingerprint density at radius 2 is 2.14 bits per heavy atom. The van der Waals surface area contributed by atoms with Gasteiger partial charge in [0, 0.05) is 6.20 Å². The Bertz CT molecular complexity index is 809. The van der Waals surface area contributed by atoms with E-state index in [0.717, 1.165) is 5.56 Å². The number of rotatable bonds is 3. The van der Waals surface area contributed by atoms with Gasteiger partial charge in [0.2, 0.25) is 5.90 Å². The maximum atomic E-state index is 12.5. The van der Waals surface area contributed by atoms with Crippen molar-refractivity contribution in [3.05, 3.63) is 34.5 Å². The van der Waals surface area contributed by atoms with Gasteiger partial charge in [0.15, 0.2) is 11.7 Å². The van der Waals surface area contributed by atoms with Crippen LogP contribution in [0.4, 0.5) is 0 Å². The van der Waals surface area contributed by atoms with E-state index in [0.29, 0.717) is 17.5 Å². The van der Waals surface area contributed by atoms with Gasteiger partial charge >= 0.3 is 5.97 Å². The monoisotopic (exact) mass is 286 g/mol. The van der Waals surface area contributed by atoms with Gasteiger partial charge in [0.05, 0.1) is 5.39 Å². The largest absolute Gasteiger partial charge is 0.408 e. The molecule has 1 aliphatic rings. The van der Waals surface area contributed by atoms with Gasteiger partial charge in [-0.05, 0) is 25.0 Å². The van der Waals surface area contributed by atoms with Crippen molar-refractivity contribution in [2.75, 3.05) is 0 Å². The van der Waals surface area contributed by atoms with Gasteiger partial charge in [-0.3, -0.25) is 9.36 Å². The van der Waals surface area contributed by atoms with E-state index in [1.807, 2.05) is 13.8 Å². The van der Waals surface area contributed by atoms with Gasteiger partial charge in [-0.1, -0.05) is 6.92 Å². The molecule has 1 aliphatic heterocycles. The average Bonchev–Trinajstić information content (AvgIpc) is 2.82. The van der Waals surface area contributed by atoms with Crippen LogP contribution in [-0.4, -0.2) is 32.4 Å². The maximum absolute atomic E-state index is 12.5. The summed E-state index contributed by atoms with van der Waals surface area (Å²) in [7, 11) is 0. The third kappa shape index (κ3) is 2.31. The van der Waals surface area contributed by atoms with Crippen LogP contribution in [0.3, 0.4) is 0 Å². The summed E-state index contributed by atoms with van der Waals surface area (Å²) in [6, 6.07) is 1.29. The van der Waals surface area contributed by atoms with Gasteiger partial charge in [0.1, 0.15) is 12.9 Å². The summed E-state index contributed by atoms with van der Waals surface area (Å²) in [4.78, 5) is 36.4. The molecule has 0 spiro atoms. The number of carbonyl (C=O) groups excluding carboxylic acids is 1.